The number of ether oxygens (including phenoxy) is 1. The quantitative estimate of drug-likeness (QED) is 0.792. The molecule has 1 aromatic heterocycles. The molecule has 1 atom stereocenters. The fourth-order valence-electron chi connectivity index (χ4n) is 1.88. The van der Waals surface area contributed by atoms with Crippen LogP contribution in [0.1, 0.15) is 25.5 Å². The van der Waals surface area contributed by atoms with Crippen LogP contribution in [0.2, 0.25) is 0 Å². The van der Waals surface area contributed by atoms with Gasteiger partial charge >= 0.3 is 0 Å². The molecule has 2 N–H and O–H groups in total. The predicted octanol–water partition coefficient (Wildman–Crippen LogP) is 1.43. The average molecular weight is 223 g/mol. The first-order valence-corrected chi connectivity index (χ1v) is 5.66. The molecule has 0 aliphatic heterocycles. The summed E-state index contributed by atoms with van der Waals surface area (Å²) in [6.07, 6.45) is 3.61. The van der Waals surface area contributed by atoms with E-state index >= 15 is 0 Å². The fraction of sp³-hybridized carbons (Fsp3) is 0.583. The molecule has 0 saturated heterocycles. The van der Waals surface area contributed by atoms with E-state index < -0.39 is 0 Å². The molecular formula is C12H21N3O. The minimum atomic E-state index is 0.275. The van der Waals surface area contributed by atoms with E-state index in [1.54, 1.807) is 13.3 Å². The molecule has 0 fully saturated rings. The van der Waals surface area contributed by atoms with Gasteiger partial charge in [-0.25, -0.2) is 0 Å². The molecule has 1 aromatic rings. The predicted molar refractivity (Wildman–Crippen MR) is 65.5 cm³/mol. The van der Waals surface area contributed by atoms with E-state index in [1.165, 1.54) is 0 Å². The van der Waals surface area contributed by atoms with E-state index in [-0.39, 0.29) is 6.04 Å². The summed E-state index contributed by atoms with van der Waals surface area (Å²) in [7, 11) is 1.69. The number of hydrogen-bond acceptors (Lipinski definition) is 4. The lowest BCUT2D eigenvalue weighted by Crippen LogP contribution is -2.32. The molecule has 0 aliphatic rings. The van der Waals surface area contributed by atoms with E-state index in [9.17, 15) is 0 Å². The van der Waals surface area contributed by atoms with Gasteiger partial charge in [0.15, 0.2) is 0 Å². The van der Waals surface area contributed by atoms with Crippen LogP contribution < -0.4 is 10.5 Å². The van der Waals surface area contributed by atoms with Crippen LogP contribution in [-0.2, 0) is 0 Å². The first-order valence-electron chi connectivity index (χ1n) is 5.66. The Morgan fingerprint density at radius 1 is 1.56 bits per heavy atom. The zero-order valence-electron chi connectivity index (χ0n) is 10.3. The van der Waals surface area contributed by atoms with Gasteiger partial charge in [-0.2, -0.15) is 0 Å². The molecule has 0 spiro atoms. The van der Waals surface area contributed by atoms with Crippen molar-refractivity contribution in [2.45, 2.75) is 19.9 Å². The second kappa shape index (κ2) is 6.45. The van der Waals surface area contributed by atoms with Crippen LogP contribution in [0.15, 0.2) is 18.5 Å². The molecular weight excluding hydrogens is 202 g/mol. The molecule has 1 unspecified atom stereocenters. The number of aromatic nitrogens is 1. The minimum absolute atomic E-state index is 0.275. The van der Waals surface area contributed by atoms with Gasteiger partial charge in [-0.1, -0.05) is 6.92 Å². The van der Waals surface area contributed by atoms with Crippen molar-refractivity contribution < 1.29 is 4.74 Å². The Morgan fingerprint density at radius 2 is 2.31 bits per heavy atom. The van der Waals surface area contributed by atoms with Crippen LogP contribution in [0.25, 0.3) is 0 Å². The number of nitrogens with two attached hydrogens (primary N) is 1. The third kappa shape index (κ3) is 2.93. The summed E-state index contributed by atoms with van der Waals surface area (Å²) in [4.78, 5) is 6.46. The summed E-state index contributed by atoms with van der Waals surface area (Å²) in [5.41, 5.74) is 6.71. The van der Waals surface area contributed by atoms with Crippen LogP contribution in [0.3, 0.4) is 0 Å². The highest BCUT2D eigenvalue weighted by molar-refractivity contribution is 5.32. The standard InChI is InChI=1S/C12H21N3O/c1-4-15(8-6-13)10(2)11-9-14-7-5-12(11)16-3/h5,7,9-10H,4,6,8,13H2,1-3H3. The Morgan fingerprint density at radius 3 is 2.88 bits per heavy atom. The number of hydrogen-bond donors (Lipinski definition) is 1. The molecule has 0 aromatic carbocycles. The molecule has 4 nitrogen and oxygen atoms in total. The Kier molecular flexibility index (Phi) is 5.22. The van der Waals surface area contributed by atoms with Crippen molar-refractivity contribution in [2.75, 3.05) is 26.7 Å². The molecule has 1 rings (SSSR count). The average Bonchev–Trinajstić information content (AvgIpc) is 2.35. The number of nitrogens with zero attached hydrogens (tertiary/aromatic N) is 2. The van der Waals surface area contributed by atoms with Gasteiger partial charge in [0.2, 0.25) is 0 Å². The van der Waals surface area contributed by atoms with Crippen molar-refractivity contribution in [2.24, 2.45) is 5.73 Å². The molecule has 0 aliphatic carbocycles. The lowest BCUT2D eigenvalue weighted by atomic mass is 10.1. The molecule has 90 valence electrons. The van der Waals surface area contributed by atoms with Crippen molar-refractivity contribution in [3.63, 3.8) is 0 Å². The van der Waals surface area contributed by atoms with Crippen molar-refractivity contribution in [3.05, 3.63) is 24.0 Å². The van der Waals surface area contributed by atoms with Gasteiger partial charge in [0.1, 0.15) is 5.75 Å². The summed E-state index contributed by atoms with van der Waals surface area (Å²) in [5.74, 6) is 0.887. The molecule has 0 bridgehead atoms. The van der Waals surface area contributed by atoms with Crippen LogP contribution in [0.4, 0.5) is 0 Å². The molecule has 1 heterocycles. The molecule has 0 radical (unpaired) electrons. The van der Waals surface area contributed by atoms with E-state index in [0.29, 0.717) is 6.54 Å². The zero-order valence-corrected chi connectivity index (χ0v) is 10.3. The van der Waals surface area contributed by atoms with E-state index in [2.05, 4.69) is 23.7 Å². The summed E-state index contributed by atoms with van der Waals surface area (Å²) in [6.45, 7) is 6.81. The van der Waals surface area contributed by atoms with Gasteiger partial charge in [0.25, 0.3) is 0 Å². The molecule has 0 saturated carbocycles. The van der Waals surface area contributed by atoms with Crippen molar-refractivity contribution in [1.82, 2.24) is 9.88 Å². The van der Waals surface area contributed by atoms with Crippen LogP contribution >= 0.6 is 0 Å². The number of rotatable bonds is 6. The third-order valence-corrected chi connectivity index (χ3v) is 2.85. The van der Waals surface area contributed by atoms with Crippen LogP contribution in [0.5, 0.6) is 5.75 Å². The zero-order chi connectivity index (χ0) is 12.0. The smallest absolute Gasteiger partial charge is 0.126 e. The first-order chi connectivity index (χ1) is 7.74. The van der Waals surface area contributed by atoms with Gasteiger partial charge in [0.05, 0.1) is 7.11 Å². The maximum Gasteiger partial charge on any atom is 0.126 e. The second-order valence-electron chi connectivity index (χ2n) is 3.71. The van der Waals surface area contributed by atoms with E-state index in [4.69, 9.17) is 10.5 Å². The van der Waals surface area contributed by atoms with Crippen molar-refractivity contribution in [3.8, 4) is 5.75 Å². The van der Waals surface area contributed by atoms with Crippen LogP contribution in [0, 0.1) is 0 Å². The number of likely N-dealkylation sites (N-methyl/N-ethyl adjacent to an activating group) is 1. The lowest BCUT2D eigenvalue weighted by Gasteiger charge is -2.28. The summed E-state index contributed by atoms with van der Waals surface area (Å²) in [5, 5.41) is 0. The number of pyridine rings is 1. The summed E-state index contributed by atoms with van der Waals surface area (Å²) < 4.78 is 5.34. The van der Waals surface area contributed by atoms with Gasteiger partial charge < -0.3 is 10.5 Å². The minimum Gasteiger partial charge on any atom is -0.496 e. The largest absolute Gasteiger partial charge is 0.496 e. The summed E-state index contributed by atoms with van der Waals surface area (Å²) >= 11 is 0. The van der Waals surface area contributed by atoms with Crippen molar-refractivity contribution >= 4 is 0 Å². The van der Waals surface area contributed by atoms with Gasteiger partial charge in [-0.3, -0.25) is 9.88 Å². The maximum atomic E-state index is 5.60. The Bertz CT molecular complexity index is 317. The first kappa shape index (κ1) is 12.9. The second-order valence-corrected chi connectivity index (χ2v) is 3.71. The van der Waals surface area contributed by atoms with Gasteiger partial charge in [-0.15, -0.1) is 0 Å². The molecule has 16 heavy (non-hydrogen) atoms. The lowest BCUT2D eigenvalue weighted by molar-refractivity contribution is 0.223. The monoisotopic (exact) mass is 223 g/mol. The highest BCUT2D eigenvalue weighted by Crippen LogP contribution is 2.27. The number of methoxy groups -OCH3 is 1. The van der Waals surface area contributed by atoms with Gasteiger partial charge in [0, 0.05) is 37.1 Å². The Balaban J connectivity index is 2.88. The van der Waals surface area contributed by atoms with Gasteiger partial charge in [-0.05, 0) is 19.5 Å². The topological polar surface area (TPSA) is 51.4 Å². The van der Waals surface area contributed by atoms with Crippen LogP contribution in [-0.4, -0.2) is 36.6 Å². The third-order valence-electron chi connectivity index (χ3n) is 2.85. The Hall–Kier alpha value is -1.13. The van der Waals surface area contributed by atoms with Crippen molar-refractivity contribution in [1.29, 1.82) is 0 Å². The summed E-state index contributed by atoms with van der Waals surface area (Å²) in [6, 6.07) is 2.17. The SMILES string of the molecule is CCN(CCN)C(C)c1cnccc1OC. The molecule has 0 amide bonds. The fourth-order valence-corrected chi connectivity index (χ4v) is 1.88. The normalized spacial score (nSPS) is 12.8. The maximum absolute atomic E-state index is 5.60. The highest BCUT2D eigenvalue weighted by Gasteiger charge is 2.17. The Labute approximate surface area is 97.4 Å². The highest BCUT2D eigenvalue weighted by atomic mass is 16.5. The van der Waals surface area contributed by atoms with E-state index in [1.807, 2.05) is 12.3 Å². The molecule has 4 heteroatoms. The van der Waals surface area contributed by atoms with E-state index in [0.717, 1.165) is 24.4 Å².